The molecule has 0 saturated heterocycles. The molecule has 4 heteroatoms. The first kappa shape index (κ1) is 14.1. The van der Waals surface area contributed by atoms with Crippen molar-refractivity contribution < 1.29 is 14.3 Å². The lowest BCUT2D eigenvalue weighted by molar-refractivity contribution is -0.154. The van der Waals surface area contributed by atoms with E-state index in [4.69, 9.17) is 0 Å². The molecular weight excluding hydrogens is 254 g/mol. The van der Waals surface area contributed by atoms with Crippen molar-refractivity contribution in [2.75, 3.05) is 13.2 Å². The lowest BCUT2D eigenvalue weighted by Gasteiger charge is -2.07. The molecule has 0 radical (unpaired) electrons. The third kappa shape index (κ3) is 3.35. The van der Waals surface area contributed by atoms with Crippen LogP contribution in [-0.2, 0) is 20.7 Å². The Balaban J connectivity index is 1.96. The minimum absolute atomic E-state index is 0.204. The number of carbonyl (C=O) groups is 2. The summed E-state index contributed by atoms with van der Waals surface area (Å²) in [6.45, 7) is 2.28. The Bertz CT molecular complexity index is 617. The van der Waals surface area contributed by atoms with E-state index in [0.717, 1.165) is 5.56 Å². The average molecular weight is 271 g/mol. The molecular formula is C16H17NO3. The summed E-state index contributed by atoms with van der Waals surface area (Å²) in [4.78, 5) is 22.6. The van der Waals surface area contributed by atoms with Crippen LogP contribution >= 0.6 is 0 Å². The Morgan fingerprint density at radius 1 is 1.10 bits per heavy atom. The highest BCUT2D eigenvalue weighted by atomic mass is 16.5. The number of esters is 1. The Hall–Kier alpha value is -2.36. The summed E-state index contributed by atoms with van der Waals surface area (Å²) in [5, 5.41) is 4.90. The van der Waals surface area contributed by atoms with Gasteiger partial charge in [0, 0.05) is 6.54 Å². The van der Waals surface area contributed by atoms with Gasteiger partial charge in [0.05, 0.1) is 6.61 Å². The van der Waals surface area contributed by atoms with Crippen molar-refractivity contribution in [3.63, 3.8) is 0 Å². The Kier molecular flexibility index (Phi) is 4.71. The minimum Gasteiger partial charge on any atom is -0.459 e. The van der Waals surface area contributed by atoms with Crippen LogP contribution in [0.2, 0.25) is 0 Å². The normalized spacial score (nSPS) is 10.2. The van der Waals surface area contributed by atoms with E-state index in [0.29, 0.717) is 13.0 Å². The van der Waals surface area contributed by atoms with Gasteiger partial charge in [-0.1, -0.05) is 42.5 Å². The molecule has 0 aliphatic heterocycles. The number of hydrogen-bond acceptors (Lipinski definition) is 3. The van der Waals surface area contributed by atoms with Gasteiger partial charge in [0.25, 0.3) is 0 Å². The second-order valence-electron chi connectivity index (χ2n) is 4.36. The van der Waals surface area contributed by atoms with Crippen LogP contribution in [0.4, 0.5) is 0 Å². The number of carbonyl (C=O) groups excluding carboxylic acids is 2. The molecule has 4 nitrogen and oxygen atoms in total. The zero-order chi connectivity index (χ0) is 14.4. The summed E-state index contributed by atoms with van der Waals surface area (Å²) in [6.07, 6.45) is 0.673. The fourth-order valence-corrected chi connectivity index (χ4v) is 2.09. The Labute approximate surface area is 117 Å². The summed E-state index contributed by atoms with van der Waals surface area (Å²) in [6, 6.07) is 14.2. The molecule has 0 aromatic heterocycles. The van der Waals surface area contributed by atoms with Gasteiger partial charge < -0.3 is 10.1 Å². The third-order valence-corrected chi connectivity index (χ3v) is 3.02. The molecule has 20 heavy (non-hydrogen) atoms. The van der Waals surface area contributed by atoms with E-state index in [1.54, 1.807) is 6.92 Å². The van der Waals surface area contributed by atoms with Crippen molar-refractivity contribution in [2.24, 2.45) is 0 Å². The van der Waals surface area contributed by atoms with Crippen molar-refractivity contribution >= 4 is 22.6 Å². The first-order valence-electron chi connectivity index (χ1n) is 6.64. The van der Waals surface area contributed by atoms with E-state index in [1.807, 2.05) is 24.3 Å². The summed E-state index contributed by atoms with van der Waals surface area (Å²) < 4.78 is 4.63. The van der Waals surface area contributed by atoms with E-state index in [2.05, 4.69) is 28.3 Å². The molecule has 2 aromatic carbocycles. The van der Waals surface area contributed by atoms with E-state index >= 15 is 0 Å². The van der Waals surface area contributed by atoms with Crippen LogP contribution in [0, 0.1) is 0 Å². The number of nitrogens with one attached hydrogen (secondary N) is 1. The summed E-state index contributed by atoms with van der Waals surface area (Å²) >= 11 is 0. The van der Waals surface area contributed by atoms with Crippen LogP contribution in [-0.4, -0.2) is 25.0 Å². The first-order valence-corrected chi connectivity index (χ1v) is 6.64. The zero-order valence-electron chi connectivity index (χ0n) is 11.4. The maximum absolute atomic E-state index is 11.4. The number of rotatable bonds is 4. The van der Waals surface area contributed by atoms with E-state index in [9.17, 15) is 9.59 Å². The highest BCUT2D eigenvalue weighted by Crippen LogP contribution is 2.18. The largest absolute Gasteiger partial charge is 0.459 e. The van der Waals surface area contributed by atoms with Gasteiger partial charge in [-0.05, 0) is 29.7 Å². The fourth-order valence-electron chi connectivity index (χ4n) is 2.09. The molecule has 104 valence electrons. The number of ether oxygens (including phenoxy) is 1. The molecule has 1 amide bonds. The van der Waals surface area contributed by atoms with Gasteiger partial charge in [-0.25, -0.2) is 4.79 Å². The van der Waals surface area contributed by atoms with E-state index < -0.39 is 11.9 Å². The molecule has 0 aliphatic rings. The lowest BCUT2D eigenvalue weighted by Crippen LogP contribution is -2.33. The van der Waals surface area contributed by atoms with Crippen molar-refractivity contribution in [3.05, 3.63) is 48.0 Å². The maximum Gasteiger partial charge on any atom is 0.396 e. The van der Waals surface area contributed by atoms with Crippen LogP contribution < -0.4 is 5.32 Å². The standard InChI is InChI=1S/C16H17NO3/c1-2-20-16(19)15(18)17-11-10-13-8-5-7-12-6-3-4-9-14(12)13/h3-9H,2,10-11H2,1H3,(H,17,18). The van der Waals surface area contributed by atoms with Gasteiger partial charge >= 0.3 is 11.9 Å². The lowest BCUT2D eigenvalue weighted by atomic mass is 10.0. The fraction of sp³-hybridized carbons (Fsp3) is 0.250. The highest BCUT2D eigenvalue weighted by molar-refractivity contribution is 6.32. The molecule has 0 unspecified atom stereocenters. The molecule has 0 spiro atoms. The average Bonchev–Trinajstić information content (AvgIpc) is 2.47. The van der Waals surface area contributed by atoms with Crippen molar-refractivity contribution in [2.45, 2.75) is 13.3 Å². The number of hydrogen-bond donors (Lipinski definition) is 1. The van der Waals surface area contributed by atoms with Crippen molar-refractivity contribution in [1.29, 1.82) is 0 Å². The van der Waals surface area contributed by atoms with Crippen LogP contribution in [0.25, 0.3) is 10.8 Å². The number of benzene rings is 2. The third-order valence-electron chi connectivity index (χ3n) is 3.02. The van der Waals surface area contributed by atoms with E-state index in [-0.39, 0.29) is 6.61 Å². The summed E-state index contributed by atoms with van der Waals surface area (Å²) in [5.41, 5.74) is 1.15. The van der Waals surface area contributed by atoms with Crippen LogP contribution in [0.5, 0.6) is 0 Å². The van der Waals surface area contributed by atoms with Crippen molar-refractivity contribution in [1.82, 2.24) is 5.32 Å². The van der Waals surface area contributed by atoms with Crippen LogP contribution in [0.3, 0.4) is 0 Å². The SMILES string of the molecule is CCOC(=O)C(=O)NCCc1cccc2ccccc12. The molecule has 2 rings (SSSR count). The molecule has 2 aromatic rings. The zero-order valence-corrected chi connectivity index (χ0v) is 11.4. The highest BCUT2D eigenvalue weighted by Gasteiger charge is 2.13. The van der Waals surface area contributed by atoms with Gasteiger partial charge in [-0.15, -0.1) is 0 Å². The molecule has 0 bridgehead atoms. The van der Waals surface area contributed by atoms with Crippen molar-refractivity contribution in [3.8, 4) is 0 Å². The van der Waals surface area contributed by atoms with Crippen LogP contribution in [0.15, 0.2) is 42.5 Å². The summed E-state index contributed by atoms with van der Waals surface area (Å²) in [7, 11) is 0. The van der Waals surface area contributed by atoms with E-state index in [1.165, 1.54) is 10.8 Å². The molecule has 0 heterocycles. The Morgan fingerprint density at radius 3 is 2.65 bits per heavy atom. The summed E-state index contributed by atoms with van der Waals surface area (Å²) in [5.74, 6) is -1.52. The minimum atomic E-state index is -0.828. The number of amides is 1. The van der Waals surface area contributed by atoms with Gasteiger partial charge in [0.1, 0.15) is 0 Å². The van der Waals surface area contributed by atoms with Gasteiger partial charge in [-0.2, -0.15) is 0 Å². The second-order valence-corrected chi connectivity index (χ2v) is 4.36. The maximum atomic E-state index is 11.4. The smallest absolute Gasteiger partial charge is 0.396 e. The quantitative estimate of drug-likeness (QED) is 0.684. The predicted molar refractivity (Wildman–Crippen MR) is 77.3 cm³/mol. The van der Waals surface area contributed by atoms with Gasteiger partial charge in [0.15, 0.2) is 0 Å². The monoisotopic (exact) mass is 271 g/mol. The second kappa shape index (κ2) is 6.70. The molecule has 1 N–H and O–H groups in total. The predicted octanol–water partition coefficient (Wildman–Crippen LogP) is 2.06. The topological polar surface area (TPSA) is 55.4 Å². The van der Waals surface area contributed by atoms with Gasteiger partial charge in [0.2, 0.25) is 0 Å². The Morgan fingerprint density at radius 2 is 1.85 bits per heavy atom. The molecule has 0 fully saturated rings. The molecule has 0 aliphatic carbocycles. The molecule has 0 saturated carbocycles. The van der Waals surface area contributed by atoms with Gasteiger partial charge in [-0.3, -0.25) is 4.79 Å². The van der Waals surface area contributed by atoms with Crippen LogP contribution in [0.1, 0.15) is 12.5 Å². The molecule has 0 atom stereocenters. The first-order chi connectivity index (χ1) is 9.72. The number of fused-ring (bicyclic) bond motifs is 1.